The fourth-order valence-electron chi connectivity index (χ4n) is 3.12. The Morgan fingerprint density at radius 2 is 2.00 bits per heavy atom. The van der Waals surface area contributed by atoms with E-state index in [1.807, 2.05) is 7.11 Å². The molecule has 112 valence electrons. The number of nitrogens with zero attached hydrogens (tertiary/aromatic N) is 1. The largest absolute Gasteiger partial charge is 0.380 e. The van der Waals surface area contributed by atoms with Crippen LogP contribution in [0.3, 0.4) is 0 Å². The third-order valence-electron chi connectivity index (χ3n) is 4.33. The molecule has 1 aromatic carbocycles. The van der Waals surface area contributed by atoms with Gasteiger partial charge in [0.25, 0.3) is 0 Å². The van der Waals surface area contributed by atoms with Crippen molar-refractivity contribution in [3.63, 3.8) is 0 Å². The molecular formula is C16H25BrN2O. The predicted octanol–water partition coefficient (Wildman–Crippen LogP) is 3.19. The highest BCUT2D eigenvalue weighted by molar-refractivity contribution is 9.10. The molecule has 1 aliphatic heterocycles. The third-order valence-corrected chi connectivity index (χ3v) is 4.86. The van der Waals surface area contributed by atoms with Gasteiger partial charge in [-0.3, -0.25) is 4.90 Å². The van der Waals surface area contributed by atoms with Crippen LogP contribution in [0.1, 0.15) is 31.9 Å². The second-order valence-corrected chi connectivity index (χ2v) is 6.81. The van der Waals surface area contributed by atoms with Crippen LogP contribution in [0.25, 0.3) is 0 Å². The summed E-state index contributed by atoms with van der Waals surface area (Å²) in [5.41, 5.74) is 7.55. The summed E-state index contributed by atoms with van der Waals surface area (Å²) in [7, 11) is 1.81. The van der Waals surface area contributed by atoms with E-state index >= 15 is 0 Å². The lowest BCUT2D eigenvalue weighted by atomic mass is 9.91. The van der Waals surface area contributed by atoms with E-state index < -0.39 is 0 Å². The van der Waals surface area contributed by atoms with E-state index in [4.69, 9.17) is 10.5 Å². The molecule has 1 fully saturated rings. The minimum Gasteiger partial charge on any atom is -0.380 e. The predicted molar refractivity (Wildman–Crippen MR) is 86.7 cm³/mol. The van der Waals surface area contributed by atoms with Gasteiger partial charge in [0, 0.05) is 30.2 Å². The van der Waals surface area contributed by atoms with Gasteiger partial charge in [0.05, 0.1) is 6.10 Å². The van der Waals surface area contributed by atoms with Crippen molar-refractivity contribution in [1.29, 1.82) is 0 Å². The highest BCUT2D eigenvalue weighted by Gasteiger charge is 2.32. The molecule has 1 aromatic rings. The van der Waals surface area contributed by atoms with Gasteiger partial charge in [-0.25, -0.2) is 0 Å². The van der Waals surface area contributed by atoms with E-state index in [0.717, 1.165) is 24.0 Å². The Morgan fingerprint density at radius 3 is 2.55 bits per heavy atom. The Bertz CT molecular complexity index is 421. The molecule has 2 N–H and O–H groups in total. The number of ether oxygens (including phenoxy) is 1. The number of nitrogens with two attached hydrogens (primary N) is 1. The minimum absolute atomic E-state index is 0.0992. The Morgan fingerprint density at radius 1 is 1.35 bits per heavy atom. The van der Waals surface area contributed by atoms with Crippen LogP contribution in [0.5, 0.6) is 0 Å². The van der Waals surface area contributed by atoms with Gasteiger partial charge >= 0.3 is 0 Å². The molecule has 1 heterocycles. The summed E-state index contributed by atoms with van der Waals surface area (Å²) in [4.78, 5) is 2.47. The molecule has 1 saturated heterocycles. The first-order valence-corrected chi connectivity index (χ1v) is 8.10. The molecule has 20 heavy (non-hydrogen) atoms. The average molecular weight is 341 g/mol. The standard InChI is InChI=1S/C16H25BrN2O/c1-11-8-9-19(10-15(11)20-3)16(12(2)18)13-4-6-14(17)7-5-13/h4-7,11-12,15-16H,8-10,18H2,1-3H3. The van der Waals surface area contributed by atoms with E-state index in [1.54, 1.807) is 0 Å². The van der Waals surface area contributed by atoms with Gasteiger partial charge in [0.1, 0.15) is 0 Å². The number of rotatable bonds is 4. The van der Waals surface area contributed by atoms with Gasteiger partial charge in [-0.15, -0.1) is 0 Å². The van der Waals surface area contributed by atoms with Crippen LogP contribution in [-0.2, 0) is 4.74 Å². The molecule has 4 atom stereocenters. The zero-order valence-corrected chi connectivity index (χ0v) is 14.1. The molecule has 3 nitrogen and oxygen atoms in total. The maximum atomic E-state index is 6.26. The van der Waals surface area contributed by atoms with Crippen molar-refractivity contribution in [2.45, 2.75) is 38.5 Å². The van der Waals surface area contributed by atoms with E-state index in [2.05, 4.69) is 58.9 Å². The van der Waals surface area contributed by atoms with E-state index in [9.17, 15) is 0 Å². The van der Waals surface area contributed by atoms with Gasteiger partial charge in [-0.2, -0.15) is 0 Å². The number of methoxy groups -OCH3 is 1. The van der Waals surface area contributed by atoms with Crippen molar-refractivity contribution in [3.05, 3.63) is 34.3 Å². The second-order valence-electron chi connectivity index (χ2n) is 5.89. The van der Waals surface area contributed by atoms with Crippen LogP contribution < -0.4 is 5.73 Å². The minimum atomic E-state index is 0.0992. The fourth-order valence-corrected chi connectivity index (χ4v) is 3.39. The average Bonchev–Trinajstić information content (AvgIpc) is 2.42. The van der Waals surface area contributed by atoms with Crippen LogP contribution in [-0.4, -0.2) is 37.2 Å². The molecule has 0 saturated carbocycles. The normalized spacial score (nSPS) is 27.2. The van der Waals surface area contributed by atoms with Gasteiger partial charge in [0.2, 0.25) is 0 Å². The van der Waals surface area contributed by atoms with Crippen molar-refractivity contribution in [2.24, 2.45) is 11.7 Å². The van der Waals surface area contributed by atoms with E-state index in [-0.39, 0.29) is 12.1 Å². The Hall–Kier alpha value is -0.420. The number of piperidine rings is 1. The van der Waals surface area contributed by atoms with E-state index in [1.165, 1.54) is 5.56 Å². The number of hydrogen-bond acceptors (Lipinski definition) is 3. The van der Waals surface area contributed by atoms with Crippen molar-refractivity contribution >= 4 is 15.9 Å². The van der Waals surface area contributed by atoms with Crippen molar-refractivity contribution in [2.75, 3.05) is 20.2 Å². The zero-order valence-electron chi connectivity index (χ0n) is 12.6. The molecule has 0 radical (unpaired) electrons. The number of hydrogen-bond donors (Lipinski definition) is 1. The van der Waals surface area contributed by atoms with Crippen molar-refractivity contribution in [1.82, 2.24) is 4.90 Å². The molecule has 1 aliphatic rings. The fraction of sp³-hybridized carbons (Fsp3) is 0.625. The SMILES string of the molecule is COC1CN(C(c2ccc(Br)cc2)C(C)N)CCC1C. The third kappa shape index (κ3) is 3.61. The maximum Gasteiger partial charge on any atom is 0.0724 e. The first-order valence-electron chi connectivity index (χ1n) is 7.30. The van der Waals surface area contributed by atoms with Gasteiger partial charge < -0.3 is 10.5 Å². The highest BCUT2D eigenvalue weighted by atomic mass is 79.9. The van der Waals surface area contributed by atoms with E-state index in [0.29, 0.717) is 12.0 Å². The maximum absolute atomic E-state index is 6.26. The lowest BCUT2D eigenvalue weighted by molar-refractivity contribution is -0.0224. The Labute approximate surface area is 130 Å². The first-order chi connectivity index (χ1) is 9.52. The van der Waals surface area contributed by atoms with Crippen LogP contribution in [0.2, 0.25) is 0 Å². The molecule has 4 heteroatoms. The molecular weight excluding hydrogens is 316 g/mol. The Kier molecular flexibility index (Phi) is 5.61. The van der Waals surface area contributed by atoms with Crippen LogP contribution >= 0.6 is 15.9 Å². The molecule has 0 amide bonds. The summed E-state index contributed by atoms with van der Waals surface area (Å²) in [5, 5.41) is 0. The second kappa shape index (κ2) is 7.03. The molecule has 2 rings (SSSR count). The van der Waals surface area contributed by atoms with Gasteiger partial charge in [0.15, 0.2) is 0 Å². The molecule has 4 unspecified atom stereocenters. The van der Waals surface area contributed by atoms with Crippen LogP contribution in [0.4, 0.5) is 0 Å². The summed E-state index contributed by atoms with van der Waals surface area (Å²) >= 11 is 3.49. The number of halogens is 1. The number of benzene rings is 1. The topological polar surface area (TPSA) is 38.5 Å². The zero-order chi connectivity index (χ0) is 14.7. The van der Waals surface area contributed by atoms with Gasteiger partial charge in [-0.1, -0.05) is 35.0 Å². The molecule has 0 aliphatic carbocycles. The number of likely N-dealkylation sites (tertiary alicyclic amines) is 1. The highest BCUT2D eigenvalue weighted by Crippen LogP contribution is 2.30. The molecule has 0 aromatic heterocycles. The van der Waals surface area contributed by atoms with Crippen molar-refractivity contribution < 1.29 is 4.74 Å². The first kappa shape index (κ1) is 16.0. The van der Waals surface area contributed by atoms with Crippen LogP contribution in [0, 0.1) is 5.92 Å². The smallest absolute Gasteiger partial charge is 0.0724 e. The summed E-state index contributed by atoms with van der Waals surface area (Å²) in [6, 6.07) is 8.86. The lowest BCUT2D eigenvalue weighted by Gasteiger charge is -2.42. The summed E-state index contributed by atoms with van der Waals surface area (Å²) < 4.78 is 6.73. The summed E-state index contributed by atoms with van der Waals surface area (Å²) in [5.74, 6) is 0.620. The summed E-state index contributed by atoms with van der Waals surface area (Å²) in [6.45, 7) is 6.40. The lowest BCUT2D eigenvalue weighted by Crippen LogP contribution is -2.49. The summed E-state index contributed by atoms with van der Waals surface area (Å²) in [6.07, 6.45) is 1.47. The van der Waals surface area contributed by atoms with Crippen LogP contribution in [0.15, 0.2) is 28.7 Å². The Balaban J connectivity index is 2.18. The van der Waals surface area contributed by atoms with Gasteiger partial charge in [-0.05, 0) is 43.5 Å². The molecule has 0 bridgehead atoms. The quantitative estimate of drug-likeness (QED) is 0.914. The molecule has 0 spiro atoms. The monoisotopic (exact) mass is 340 g/mol. The van der Waals surface area contributed by atoms with Crippen molar-refractivity contribution in [3.8, 4) is 0 Å².